The van der Waals surface area contributed by atoms with E-state index in [1.54, 1.807) is 24.3 Å². The zero-order valence-electron chi connectivity index (χ0n) is 12.0. The fourth-order valence-electron chi connectivity index (χ4n) is 1.52. The summed E-state index contributed by atoms with van der Waals surface area (Å²) < 4.78 is 25.0. The zero-order chi connectivity index (χ0) is 15.6. The predicted molar refractivity (Wildman–Crippen MR) is 83.2 cm³/mol. The smallest absolute Gasteiger partial charge is 0.241 e. The van der Waals surface area contributed by atoms with Gasteiger partial charge in [-0.3, -0.25) is 0 Å². The van der Waals surface area contributed by atoms with Crippen molar-refractivity contribution in [3.63, 3.8) is 0 Å². The number of hydrogen-bond donors (Lipinski definition) is 1. The number of rotatable bonds is 3. The molecular weight excluding hydrogens is 339 g/mol. The van der Waals surface area contributed by atoms with Crippen molar-refractivity contribution in [2.75, 3.05) is 5.73 Å². The van der Waals surface area contributed by atoms with Gasteiger partial charge in [0, 0.05) is 12.1 Å². The van der Waals surface area contributed by atoms with Crippen LogP contribution in [0, 0.1) is 5.82 Å². The summed E-state index contributed by atoms with van der Waals surface area (Å²) >= 11 is 3.09. The molecule has 2 rings (SSSR count). The molecule has 2 aromatic rings. The molecule has 21 heavy (non-hydrogen) atoms. The van der Waals surface area contributed by atoms with Crippen LogP contribution >= 0.6 is 15.9 Å². The molecule has 0 bridgehead atoms. The Hall–Kier alpha value is -1.82. The van der Waals surface area contributed by atoms with Gasteiger partial charge in [-0.2, -0.15) is 4.98 Å². The molecule has 0 aliphatic heterocycles. The van der Waals surface area contributed by atoms with Gasteiger partial charge in [-0.1, -0.05) is 0 Å². The van der Waals surface area contributed by atoms with Crippen LogP contribution in [0.25, 0.3) is 0 Å². The third-order valence-corrected chi connectivity index (χ3v) is 3.02. The van der Waals surface area contributed by atoms with Gasteiger partial charge in [-0.25, -0.2) is 4.39 Å². The number of nitrogens with two attached hydrogens (primary N) is 1. The highest BCUT2D eigenvalue weighted by Crippen LogP contribution is 2.29. The second kappa shape index (κ2) is 5.89. The third kappa shape index (κ3) is 4.32. The van der Waals surface area contributed by atoms with Crippen LogP contribution in [0.4, 0.5) is 10.1 Å². The molecule has 0 amide bonds. The number of aromatic nitrogens is 1. The van der Waals surface area contributed by atoms with Crippen LogP contribution in [0.2, 0.25) is 0 Å². The lowest BCUT2D eigenvalue weighted by Crippen LogP contribution is -2.24. The van der Waals surface area contributed by atoms with Crippen LogP contribution in [-0.4, -0.2) is 10.6 Å². The lowest BCUT2D eigenvalue weighted by Gasteiger charge is -2.21. The first kappa shape index (κ1) is 15.6. The van der Waals surface area contributed by atoms with Gasteiger partial charge in [0.2, 0.25) is 11.8 Å². The standard InChI is InChI=1S/C15H16BrFN2O2/c1-15(2,3)21-14-12(18)6-7-13(19-14)20-9-4-5-10(16)11(17)8-9/h4-8H,18H2,1-3H3. The highest BCUT2D eigenvalue weighted by atomic mass is 79.9. The second-order valence-corrected chi connectivity index (χ2v) is 6.29. The van der Waals surface area contributed by atoms with E-state index in [1.807, 2.05) is 20.8 Å². The van der Waals surface area contributed by atoms with E-state index in [-0.39, 0.29) is 11.8 Å². The number of nitrogens with zero attached hydrogens (tertiary/aromatic N) is 1. The van der Waals surface area contributed by atoms with E-state index in [4.69, 9.17) is 15.2 Å². The Bertz CT molecular complexity index is 657. The van der Waals surface area contributed by atoms with E-state index in [9.17, 15) is 4.39 Å². The molecule has 6 heteroatoms. The van der Waals surface area contributed by atoms with E-state index in [2.05, 4.69) is 20.9 Å². The molecule has 0 aliphatic rings. The van der Waals surface area contributed by atoms with Crippen molar-refractivity contribution in [1.82, 2.24) is 4.98 Å². The van der Waals surface area contributed by atoms with Crippen molar-refractivity contribution in [3.8, 4) is 17.5 Å². The summed E-state index contributed by atoms with van der Waals surface area (Å²) in [6, 6.07) is 7.71. The minimum atomic E-state index is -0.427. The summed E-state index contributed by atoms with van der Waals surface area (Å²) in [6.07, 6.45) is 0. The van der Waals surface area contributed by atoms with Crippen molar-refractivity contribution >= 4 is 21.6 Å². The Kier molecular flexibility index (Phi) is 4.37. The van der Waals surface area contributed by atoms with E-state index < -0.39 is 11.4 Å². The van der Waals surface area contributed by atoms with Gasteiger partial charge in [-0.05, 0) is 54.9 Å². The Balaban J connectivity index is 2.24. The first-order valence-electron chi connectivity index (χ1n) is 6.33. The molecule has 1 aromatic carbocycles. The summed E-state index contributed by atoms with van der Waals surface area (Å²) in [7, 11) is 0. The van der Waals surface area contributed by atoms with Crippen LogP contribution in [0.3, 0.4) is 0 Å². The summed E-state index contributed by atoms with van der Waals surface area (Å²) in [5.74, 6) is 0.506. The SMILES string of the molecule is CC(C)(C)Oc1nc(Oc2ccc(Br)c(F)c2)ccc1N. The molecule has 2 N–H and O–H groups in total. The quantitative estimate of drug-likeness (QED) is 0.879. The molecule has 0 radical (unpaired) electrons. The maximum atomic E-state index is 13.5. The molecule has 0 aliphatic carbocycles. The number of anilines is 1. The number of halogens is 2. The second-order valence-electron chi connectivity index (χ2n) is 5.44. The minimum Gasteiger partial charge on any atom is -0.470 e. The molecule has 0 spiro atoms. The summed E-state index contributed by atoms with van der Waals surface area (Å²) in [5, 5.41) is 0. The van der Waals surface area contributed by atoms with Crippen molar-refractivity contribution < 1.29 is 13.9 Å². The normalized spacial score (nSPS) is 11.3. The van der Waals surface area contributed by atoms with E-state index in [1.165, 1.54) is 6.07 Å². The van der Waals surface area contributed by atoms with Gasteiger partial charge >= 0.3 is 0 Å². The Labute approximate surface area is 131 Å². The highest BCUT2D eigenvalue weighted by Gasteiger charge is 2.16. The highest BCUT2D eigenvalue weighted by molar-refractivity contribution is 9.10. The summed E-state index contributed by atoms with van der Waals surface area (Å²) in [5.41, 5.74) is 5.81. The number of pyridine rings is 1. The lowest BCUT2D eigenvalue weighted by molar-refractivity contribution is 0.124. The van der Waals surface area contributed by atoms with Gasteiger partial charge in [0.1, 0.15) is 17.2 Å². The van der Waals surface area contributed by atoms with Crippen LogP contribution in [0.5, 0.6) is 17.5 Å². The fourth-order valence-corrected chi connectivity index (χ4v) is 1.77. The molecular formula is C15H16BrFN2O2. The molecule has 0 atom stereocenters. The van der Waals surface area contributed by atoms with Crippen LogP contribution in [0.15, 0.2) is 34.8 Å². The first-order valence-corrected chi connectivity index (χ1v) is 7.12. The number of ether oxygens (including phenoxy) is 2. The van der Waals surface area contributed by atoms with E-state index >= 15 is 0 Å². The van der Waals surface area contributed by atoms with Crippen LogP contribution in [-0.2, 0) is 0 Å². The number of nitrogen functional groups attached to an aromatic ring is 1. The largest absolute Gasteiger partial charge is 0.470 e. The Morgan fingerprint density at radius 3 is 2.52 bits per heavy atom. The van der Waals surface area contributed by atoms with Gasteiger partial charge < -0.3 is 15.2 Å². The molecule has 0 fully saturated rings. The van der Waals surface area contributed by atoms with Crippen molar-refractivity contribution in [3.05, 3.63) is 40.6 Å². The summed E-state index contributed by atoms with van der Waals surface area (Å²) in [4.78, 5) is 4.20. The zero-order valence-corrected chi connectivity index (χ0v) is 13.6. The number of benzene rings is 1. The van der Waals surface area contributed by atoms with Crippen molar-refractivity contribution in [2.24, 2.45) is 0 Å². The van der Waals surface area contributed by atoms with Gasteiger partial charge in [-0.15, -0.1) is 0 Å². The monoisotopic (exact) mass is 354 g/mol. The van der Waals surface area contributed by atoms with Crippen LogP contribution in [0.1, 0.15) is 20.8 Å². The van der Waals surface area contributed by atoms with Crippen LogP contribution < -0.4 is 15.2 Å². The Morgan fingerprint density at radius 2 is 1.90 bits per heavy atom. The van der Waals surface area contributed by atoms with Gasteiger partial charge in [0.05, 0.1) is 10.2 Å². The topological polar surface area (TPSA) is 57.4 Å². The maximum absolute atomic E-state index is 13.5. The first-order chi connectivity index (χ1) is 9.74. The van der Waals surface area contributed by atoms with E-state index in [0.29, 0.717) is 15.9 Å². The average Bonchev–Trinajstić information content (AvgIpc) is 2.36. The average molecular weight is 355 g/mol. The molecule has 4 nitrogen and oxygen atoms in total. The Morgan fingerprint density at radius 1 is 1.19 bits per heavy atom. The molecule has 112 valence electrons. The van der Waals surface area contributed by atoms with Gasteiger partial charge in [0.15, 0.2) is 0 Å². The van der Waals surface area contributed by atoms with E-state index in [0.717, 1.165) is 0 Å². The fraction of sp³-hybridized carbons (Fsp3) is 0.267. The molecule has 1 heterocycles. The molecule has 0 unspecified atom stereocenters. The lowest BCUT2D eigenvalue weighted by atomic mass is 10.2. The predicted octanol–water partition coefficient (Wildman–Crippen LogP) is 4.54. The molecule has 1 aromatic heterocycles. The summed E-state index contributed by atoms with van der Waals surface area (Å²) in [6.45, 7) is 5.68. The molecule has 0 saturated carbocycles. The van der Waals surface area contributed by atoms with Gasteiger partial charge in [0.25, 0.3) is 0 Å². The maximum Gasteiger partial charge on any atom is 0.241 e. The molecule has 0 saturated heterocycles. The minimum absolute atomic E-state index is 0.283. The number of hydrogen-bond acceptors (Lipinski definition) is 4. The van der Waals surface area contributed by atoms with Crippen molar-refractivity contribution in [1.29, 1.82) is 0 Å². The third-order valence-electron chi connectivity index (χ3n) is 2.38. The van der Waals surface area contributed by atoms with Crippen molar-refractivity contribution in [2.45, 2.75) is 26.4 Å².